The number of amides is 1. The Kier molecular flexibility index (Phi) is 3.11. The number of carboxylic acid groups (broad SMARTS) is 1. The summed E-state index contributed by atoms with van der Waals surface area (Å²) >= 11 is 0. The maximum Gasteiger partial charge on any atom is 0.307 e. The van der Waals surface area contributed by atoms with Crippen LogP contribution < -0.4 is 5.32 Å². The van der Waals surface area contributed by atoms with E-state index in [9.17, 15) is 18.0 Å². The van der Waals surface area contributed by atoms with Gasteiger partial charge in [-0.15, -0.1) is 0 Å². The summed E-state index contributed by atoms with van der Waals surface area (Å²) in [5.41, 5.74) is 0. The quantitative estimate of drug-likeness (QED) is 0.706. The van der Waals surface area contributed by atoms with E-state index in [2.05, 4.69) is 5.32 Å². The average Bonchev–Trinajstić information content (AvgIpc) is 2.94. The van der Waals surface area contributed by atoms with Crippen molar-refractivity contribution in [3.05, 3.63) is 0 Å². The monoisotopic (exact) mass is 261 g/mol. The van der Waals surface area contributed by atoms with Gasteiger partial charge in [-0.3, -0.25) is 9.59 Å². The molecule has 0 aromatic rings. The molecule has 1 heterocycles. The SMILES string of the molecule is O=C(O)C1CC1C(=O)NC1CCCS(=O)(=O)C1. The molecule has 1 aliphatic carbocycles. The molecule has 0 aromatic carbocycles. The topological polar surface area (TPSA) is 101 Å². The van der Waals surface area contributed by atoms with E-state index in [-0.39, 0.29) is 23.5 Å². The summed E-state index contributed by atoms with van der Waals surface area (Å²) in [6.07, 6.45) is 1.57. The fourth-order valence-electron chi connectivity index (χ4n) is 2.20. The van der Waals surface area contributed by atoms with E-state index in [4.69, 9.17) is 5.11 Å². The minimum Gasteiger partial charge on any atom is -0.481 e. The molecule has 1 saturated carbocycles. The summed E-state index contributed by atoms with van der Waals surface area (Å²) in [6, 6.07) is -0.351. The van der Waals surface area contributed by atoms with Gasteiger partial charge < -0.3 is 10.4 Å². The molecule has 2 fully saturated rings. The molecule has 7 heteroatoms. The highest BCUT2D eigenvalue weighted by Crippen LogP contribution is 2.38. The Morgan fingerprint density at radius 3 is 2.47 bits per heavy atom. The normalized spacial score (nSPS) is 34.9. The van der Waals surface area contributed by atoms with Crippen LogP contribution >= 0.6 is 0 Å². The predicted molar refractivity (Wildman–Crippen MR) is 59.1 cm³/mol. The molecule has 2 N–H and O–H groups in total. The van der Waals surface area contributed by atoms with Gasteiger partial charge in [0, 0.05) is 6.04 Å². The second kappa shape index (κ2) is 4.29. The number of aliphatic carboxylic acids is 1. The minimum atomic E-state index is -3.04. The molecular formula is C10H15NO5S. The first-order chi connectivity index (χ1) is 7.89. The van der Waals surface area contributed by atoms with Gasteiger partial charge in [-0.25, -0.2) is 8.42 Å². The largest absolute Gasteiger partial charge is 0.481 e. The first kappa shape index (κ1) is 12.3. The zero-order valence-electron chi connectivity index (χ0n) is 9.26. The Balaban J connectivity index is 1.86. The standard InChI is InChI=1S/C10H15NO5S/c12-9(7-4-8(7)10(13)14)11-6-2-1-3-17(15,16)5-6/h6-8H,1-5H2,(H,11,12)(H,13,14). The zero-order valence-corrected chi connectivity index (χ0v) is 10.1. The lowest BCUT2D eigenvalue weighted by atomic mass is 10.1. The Morgan fingerprint density at radius 1 is 1.24 bits per heavy atom. The van der Waals surface area contributed by atoms with E-state index >= 15 is 0 Å². The summed E-state index contributed by atoms with van der Waals surface area (Å²) < 4.78 is 22.7. The predicted octanol–water partition coefficient (Wildman–Crippen LogP) is -0.599. The van der Waals surface area contributed by atoms with Gasteiger partial charge in [0.05, 0.1) is 23.3 Å². The van der Waals surface area contributed by atoms with Gasteiger partial charge in [0.2, 0.25) is 5.91 Å². The van der Waals surface area contributed by atoms with Crippen LogP contribution in [0.4, 0.5) is 0 Å². The summed E-state index contributed by atoms with van der Waals surface area (Å²) in [5.74, 6) is -2.18. The van der Waals surface area contributed by atoms with Gasteiger partial charge >= 0.3 is 5.97 Å². The Labute approximate surface area is 99.3 Å². The molecule has 3 atom stereocenters. The van der Waals surface area contributed by atoms with Crippen molar-refractivity contribution in [2.75, 3.05) is 11.5 Å². The number of carbonyl (C=O) groups excluding carboxylic acids is 1. The molecule has 6 nitrogen and oxygen atoms in total. The van der Waals surface area contributed by atoms with Crippen molar-refractivity contribution in [1.82, 2.24) is 5.32 Å². The van der Waals surface area contributed by atoms with Gasteiger partial charge in [0.25, 0.3) is 0 Å². The summed E-state index contributed by atoms with van der Waals surface area (Å²) in [7, 11) is -3.04. The highest BCUT2D eigenvalue weighted by atomic mass is 32.2. The lowest BCUT2D eigenvalue weighted by molar-refractivity contribution is -0.140. The van der Waals surface area contributed by atoms with Crippen LogP contribution in [-0.2, 0) is 19.4 Å². The van der Waals surface area contributed by atoms with E-state index in [1.807, 2.05) is 0 Å². The van der Waals surface area contributed by atoms with Crippen LogP contribution in [0, 0.1) is 11.8 Å². The van der Waals surface area contributed by atoms with Gasteiger partial charge in [0.1, 0.15) is 0 Å². The Morgan fingerprint density at radius 2 is 1.94 bits per heavy atom. The molecule has 2 rings (SSSR count). The average molecular weight is 261 g/mol. The molecule has 2 aliphatic rings. The molecular weight excluding hydrogens is 246 g/mol. The molecule has 3 unspecified atom stereocenters. The first-order valence-corrected chi connectivity index (χ1v) is 7.45. The van der Waals surface area contributed by atoms with Crippen LogP contribution in [-0.4, -0.2) is 42.9 Å². The van der Waals surface area contributed by atoms with Crippen molar-refractivity contribution in [3.8, 4) is 0 Å². The van der Waals surface area contributed by atoms with Crippen LogP contribution in [0.2, 0.25) is 0 Å². The molecule has 0 bridgehead atoms. The van der Waals surface area contributed by atoms with Crippen molar-refractivity contribution in [3.63, 3.8) is 0 Å². The van der Waals surface area contributed by atoms with Gasteiger partial charge in [-0.1, -0.05) is 0 Å². The highest BCUT2D eigenvalue weighted by Gasteiger charge is 2.48. The third kappa shape index (κ3) is 2.96. The van der Waals surface area contributed by atoms with Crippen molar-refractivity contribution in [1.29, 1.82) is 0 Å². The zero-order chi connectivity index (χ0) is 12.6. The third-order valence-electron chi connectivity index (χ3n) is 3.25. The number of hydrogen-bond acceptors (Lipinski definition) is 4. The molecule has 1 amide bonds. The molecule has 1 saturated heterocycles. The summed E-state index contributed by atoms with van der Waals surface area (Å²) in [6.45, 7) is 0. The second-order valence-electron chi connectivity index (χ2n) is 4.75. The number of rotatable bonds is 3. The van der Waals surface area contributed by atoms with E-state index in [1.54, 1.807) is 0 Å². The number of carboxylic acids is 1. The fourth-order valence-corrected chi connectivity index (χ4v) is 3.84. The number of carbonyl (C=O) groups is 2. The molecule has 17 heavy (non-hydrogen) atoms. The van der Waals surface area contributed by atoms with Crippen molar-refractivity contribution in [2.45, 2.75) is 25.3 Å². The van der Waals surface area contributed by atoms with Gasteiger partial charge in [0.15, 0.2) is 9.84 Å². The van der Waals surface area contributed by atoms with Crippen molar-refractivity contribution >= 4 is 21.7 Å². The first-order valence-electron chi connectivity index (χ1n) is 5.62. The van der Waals surface area contributed by atoms with Gasteiger partial charge in [-0.2, -0.15) is 0 Å². The van der Waals surface area contributed by atoms with Crippen molar-refractivity contribution in [2.24, 2.45) is 11.8 Å². The van der Waals surface area contributed by atoms with Crippen molar-refractivity contribution < 1.29 is 23.1 Å². The number of sulfone groups is 1. The van der Waals surface area contributed by atoms with E-state index in [0.717, 1.165) is 0 Å². The Hall–Kier alpha value is -1.11. The minimum absolute atomic E-state index is 0.0246. The maximum absolute atomic E-state index is 11.6. The lowest BCUT2D eigenvalue weighted by Crippen LogP contribution is -2.44. The molecule has 0 aromatic heterocycles. The maximum atomic E-state index is 11.6. The Bertz CT molecular complexity index is 444. The second-order valence-corrected chi connectivity index (χ2v) is 6.98. The summed E-state index contributed by atoms with van der Waals surface area (Å²) in [4.78, 5) is 22.2. The molecule has 96 valence electrons. The van der Waals surface area contributed by atoms with Crippen LogP contribution in [0.25, 0.3) is 0 Å². The number of nitrogens with one attached hydrogen (secondary N) is 1. The van der Waals surface area contributed by atoms with E-state index < -0.39 is 27.6 Å². The van der Waals surface area contributed by atoms with E-state index in [0.29, 0.717) is 19.3 Å². The van der Waals surface area contributed by atoms with E-state index in [1.165, 1.54) is 0 Å². The number of hydrogen-bond donors (Lipinski definition) is 2. The van der Waals surface area contributed by atoms with Crippen LogP contribution in [0.15, 0.2) is 0 Å². The highest BCUT2D eigenvalue weighted by molar-refractivity contribution is 7.91. The van der Waals surface area contributed by atoms with Crippen LogP contribution in [0.5, 0.6) is 0 Å². The summed E-state index contributed by atoms with van der Waals surface area (Å²) in [5, 5.41) is 11.3. The van der Waals surface area contributed by atoms with Gasteiger partial charge in [-0.05, 0) is 19.3 Å². The third-order valence-corrected chi connectivity index (χ3v) is 5.07. The van der Waals surface area contributed by atoms with Crippen LogP contribution in [0.1, 0.15) is 19.3 Å². The smallest absolute Gasteiger partial charge is 0.307 e. The lowest BCUT2D eigenvalue weighted by Gasteiger charge is -2.22. The molecule has 0 radical (unpaired) electrons. The molecule has 1 aliphatic heterocycles. The fraction of sp³-hybridized carbons (Fsp3) is 0.800. The molecule has 0 spiro atoms. The van der Waals surface area contributed by atoms with Crippen LogP contribution in [0.3, 0.4) is 0 Å².